The van der Waals surface area contributed by atoms with Crippen LogP contribution in [0.3, 0.4) is 0 Å². The number of amides is 2. The van der Waals surface area contributed by atoms with E-state index in [2.05, 4.69) is 10.1 Å². The summed E-state index contributed by atoms with van der Waals surface area (Å²) in [6.45, 7) is -0.157. The number of carbonyl (C=O) groups is 5. The van der Waals surface area contributed by atoms with E-state index < -0.39 is 53.6 Å². The van der Waals surface area contributed by atoms with Gasteiger partial charge in [-0.1, -0.05) is 42.5 Å². The van der Waals surface area contributed by atoms with E-state index in [0.29, 0.717) is 24.2 Å². The maximum atomic E-state index is 13.1. The molecule has 2 aromatic rings. The van der Waals surface area contributed by atoms with Crippen molar-refractivity contribution in [1.82, 2.24) is 10.2 Å². The zero-order valence-electron chi connectivity index (χ0n) is 23.1. The van der Waals surface area contributed by atoms with Gasteiger partial charge in [-0.05, 0) is 36.1 Å². The monoisotopic (exact) mass is 600 g/mol. The molecule has 2 heterocycles. The summed E-state index contributed by atoms with van der Waals surface area (Å²) in [6, 6.07) is 14.6. The van der Waals surface area contributed by atoms with E-state index >= 15 is 0 Å². The van der Waals surface area contributed by atoms with Crippen LogP contribution in [0.15, 0.2) is 54.6 Å². The molecule has 5 unspecified atom stereocenters. The first-order valence-electron chi connectivity index (χ1n) is 13.2. The van der Waals surface area contributed by atoms with Crippen molar-refractivity contribution >= 4 is 41.3 Å². The number of hydrogen-bond donors (Lipinski definition) is 2. The smallest absolute Gasteiger partial charge is 0.356 e. The lowest BCUT2D eigenvalue weighted by atomic mass is 10.1. The highest BCUT2D eigenvalue weighted by Crippen LogP contribution is 2.33. The Morgan fingerprint density at radius 3 is 2.38 bits per heavy atom. The number of hydrogen-bond acceptors (Lipinski definition) is 11. The van der Waals surface area contributed by atoms with Gasteiger partial charge in [-0.3, -0.25) is 19.3 Å². The number of rotatable bonds is 13. The number of thioether (sulfide) groups is 1. The van der Waals surface area contributed by atoms with Gasteiger partial charge in [0, 0.05) is 0 Å². The fraction of sp³-hybridized carbons (Fsp3) is 0.414. The number of β-lactam (4-membered cyclic amide) rings is 1. The Morgan fingerprint density at radius 2 is 1.71 bits per heavy atom. The molecule has 0 bridgehead atoms. The van der Waals surface area contributed by atoms with Gasteiger partial charge in [-0.25, -0.2) is 9.59 Å². The molecule has 2 saturated heterocycles. The molecule has 2 aliphatic rings. The second-order valence-corrected chi connectivity index (χ2v) is 10.8. The summed E-state index contributed by atoms with van der Waals surface area (Å²) in [5, 5.41) is 12.5. The zero-order chi connectivity index (χ0) is 30.2. The summed E-state index contributed by atoms with van der Waals surface area (Å²) in [7, 11) is 2.76. The highest BCUT2D eigenvalue weighted by Gasteiger charge is 2.53. The Bertz CT molecular complexity index is 1290. The first kappa shape index (κ1) is 31.0. The first-order valence-corrected chi connectivity index (χ1v) is 14.3. The third-order valence-electron chi connectivity index (χ3n) is 6.86. The molecule has 0 radical (unpaired) electrons. The van der Waals surface area contributed by atoms with Crippen molar-refractivity contribution < 1.29 is 48.0 Å². The quantitative estimate of drug-likeness (QED) is 0.249. The van der Waals surface area contributed by atoms with Crippen LogP contribution in [-0.2, 0) is 51.2 Å². The molecule has 2 aromatic carbocycles. The molecule has 0 aromatic heterocycles. The van der Waals surface area contributed by atoms with E-state index in [-0.39, 0.29) is 24.6 Å². The van der Waals surface area contributed by atoms with Crippen LogP contribution < -0.4 is 10.1 Å². The minimum absolute atomic E-state index is 0.0121. The van der Waals surface area contributed by atoms with Gasteiger partial charge in [0.05, 0.1) is 26.4 Å². The van der Waals surface area contributed by atoms with Gasteiger partial charge in [0.2, 0.25) is 12.1 Å². The Hall–Kier alpha value is -3.94. The summed E-state index contributed by atoms with van der Waals surface area (Å²) in [4.78, 5) is 64.0. The predicted molar refractivity (Wildman–Crippen MR) is 149 cm³/mol. The lowest BCUT2D eigenvalue weighted by Crippen LogP contribution is -2.73. The molecule has 42 heavy (non-hydrogen) atoms. The highest BCUT2D eigenvalue weighted by molar-refractivity contribution is 8.00. The fourth-order valence-electron chi connectivity index (χ4n) is 4.57. The molecule has 2 amide bonds. The summed E-state index contributed by atoms with van der Waals surface area (Å²) in [6.07, 6.45) is -2.96. The normalized spacial score (nSPS) is 22.1. The SMILES string of the molecule is COC(=O)C1CCC(C(=O)CSC2C(NC(=O)Cc3ccccc3)C(=O)N2C(O)C(=O)OCc2ccc(OC)cc2)O1. The van der Waals surface area contributed by atoms with Crippen molar-refractivity contribution in [2.24, 2.45) is 0 Å². The van der Waals surface area contributed by atoms with E-state index in [0.717, 1.165) is 22.2 Å². The molecular weight excluding hydrogens is 568 g/mol. The summed E-state index contributed by atoms with van der Waals surface area (Å²) >= 11 is 0.969. The lowest BCUT2D eigenvalue weighted by Gasteiger charge is -2.47. The lowest BCUT2D eigenvalue weighted by molar-refractivity contribution is -0.182. The van der Waals surface area contributed by atoms with Crippen molar-refractivity contribution in [2.75, 3.05) is 20.0 Å². The number of carbonyl (C=O) groups excluding carboxylic acids is 5. The maximum absolute atomic E-state index is 13.1. The van der Waals surface area contributed by atoms with Crippen molar-refractivity contribution in [3.63, 3.8) is 0 Å². The second-order valence-electron chi connectivity index (χ2n) is 9.66. The number of aliphatic hydroxyl groups excluding tert-OH is 1. The van der Waals surface area contributed by atoms with Crippen LogP contribution in [-0.4, -0.2) is 89.4 Å². The molecule has 2 fully saturated rings. The molecule has 12 nitrogen and oxygen atoms in total. The van der Waals surface area contributed by atoms with E-state index in [1.165, 1.54) is 14.2 Å². The van der Waals surface area contributed by atoms with Crippen molar-refractivity contribution in [1.29, 1.82) is 0 Å². The number of likely N-dealkylation sites (tertiary alicyclic amines) is 1. The Balaban J connectivity index is 1.39. The van der Waals surface area contributed by atoms with Crippen molar-refractivity contribution in [3.8, 4) is 5.75 Å². The molecule has 4 rings (SSSR count). The second kappa shape index (κ2) is 14.3. The zero-order valence-corrected chi connectivity index (χ0v) is 23.9. The number of nitrogens with one attached hydrogen (secondary N) is 1. The van der Waals surface area contributed by atoms with Crippen LogP contribution in [0.25, 0.3) is 0 Å². The van der Waals surface area contributed by atoms with Gasteiger partial charge in [0.1, 0.15) is 29.9 Å². The van der Waals surface area contributed by atoms with Crippen molar-refractivity contribution in [2.45, 2.75) is 55.7 Å². The van der Waals surface area contributed by atoms with Gasteiger partial charge >= 0.3 is 11.9 Å². The average Bonchev–Trinajstić information content (AvgIpc) is 3.51. The number of nitrogens with zero attached hydrogens (tertiary/aromatic N) is 1. The minimum atomic E-state index is -1.96. The molecule has 13 heteroatoms. The number of ketones is 1. The van der Waals surface area contributed by atoms with Crippen LogP contribution in [0.4, 0.5) is 0 Å². The van der Waals surface area contributed by atoms with E-state index in [1.54, 1.807) is 48.5 Å². The van der Waals surface area contributed by atoms with E-state index in [9.17, 15) is 29.1 Å². The molecule has 5 atom stereocenters. The topological polar surface area (TPSA) is 158 Å². The van der Waals surface area contributed by atoms with E-state index in [4.69, 9.17) is 14.2 Å². The molecule has 2 N–H and O–H groups in total. The number of Topliss-reactive ketones (excluding diaryl/α,β-unsaturated/α-hetero) is 1. The van der Waals surface area contributed by atoms with Crippen molar-refractivity contribution in [3.05, 3.63) is 65.7 Å². The number of aliphatic hydroxyl groups is 1. The van der Waals surface area contributed by atoms with E-state index in [1.807, 2.05) is 6.07 Å². The molecule has 0 saturated carbocycles. The maximum Gasteiger partial charge on any atom is 0.356 e. The minimum Gasteiger partial charge on any atom is -0.497 e. The molecule has 224 valence electrons. The average molecular weight is 601 g/mol. The van der Waals surface area contributed by atoms with Crippen LogP contribution >= 0.6 is 11.8 Å². The third kappa shape index (κ3) is 7.46. The number of ether oxygens (including phenoxy) is 4. The fourth-order valence-corrected chi connectivity index (χ4v) is 5.84. The van der Waals surface area contributed by atoms with Crippen LogP contribution in [0.1, 0.15) is 24.0 Å². The number of esters is 2. The standard InChI is InChI=1S/C29H32N2O10S/c1-38-19-10-8-18(9-11-19)15-40-29(37)26(35)31-25(34)24(30-23(33)14-17-6-4-3-5-7-17)27(31)42-16-20(32)21-12-13-22(41-21)28(36)39-2/h3-11,21-22,24,26-27,35H,12-16H2,1-2H3,(H,30,33). The first-order chi connectivity index (χ1) is 20.2. The summed E-state index contributed by atoms with van der Waals surface area (Å²) in [5.41, 5.74) is 1.37. The van der Waals surface area contributed by atoms with Crippen LogP contribution in [0, 0.1) is 0 Å². The largest absolute Gasteiger partial charge is 0.497 e. The van der Waals surface area contributed by atoms with Gasteiger partial charge < -0.3 is 29.4 Å². The highest BCUT2D eigenvalue weighted by atomic mass is 32.2. The predicted octanol–water partition coefficient (Wildman–Crippen LogP) is 0.976. The van der Waals surface area contributed by atoms with Gasteiger partial charge in [-0.2, -0.15) is 0 Å². The Labute approximate surface area is 246 Å². The summed E-state index contributed by atoms with van der Waals surface area (Å²) < 4.78 is 20.5. The number of methoxy groups -OCH3 is 2. The Morgan fingerprint density at radius 1 is 1.02 bits per heavy atom. The van der Waals surface area contributed by atoms with Gasteiger partial charge in [-0.15, -0.1) is 11.8 Å². The Kier molecular flexibility index (Phi) is 10.6. The number of benzene rings is 2. The van der Waals surface area contributed by atoms with Gasteiger partial charge in [0.25, 0.3) is 5.91 Å². The van der Waals surface area contributed by atoms with Crippen LogP contribution in [0.5, 0.6) is 5.75 Å². The summed E-state index contributed by atoms with van der Waals surface area (Å²) in [5.74, 6) is -2.64. The van der Waals surface area contributed by atoms with Gasteiger partial charge in [0.15, 0.2) is 11.9 Å². The molecule has 2 aliphatic heterocycles. The molecular formula is C29H32N2O10S. The molecule has 0 spiro atoms. The van der Waals surface area contributed by atoms with Crippen LogP contribution in [0.2, 0.25) is 0 Å². The third-order valence-corrected chi connectivity index (χ3v) is 8.15. The molecule has 0 aliphatic carbocycles.